The maximum absolute atomic E-state index is 12.8. The van der Waals surface area contributed by atoms with Crippen molar-refractivity contribution in [3.05, 3.63) is 122 Å². The lowest BCUT2D eigenvalue weighted by atomic mass is 10.0. The summed E-state index contributed by atoms with van der Waals surface area (Å²) < 4.78 is 16.8. The van der Waals surface area contributed by atoms with Gasteiger partial charge < -0.3 is 14.2 Å². The average molecular weight is 1100 g/mol. The summed E-state index contributed by atoms with van der Waals surface area (Å²) in [5.41, 5.74) is 0. The topological polar surface area (TPSA) is 78.9 Å². The lowest BCUT2D eigenvalue weighted by molar-refractivity contribution is -0.167. The first kappa shape index (κ1) is 74.8. The summed E-state index contributed by atoms with van der Waals surface area (Å²) in [5.74, 6) is -0.918. The number of carbonyl (C=O) groups is 3. The van der Waals surface area contributed by atoms with E-state index in [-0.39, 0.29) is 31.1 Å². The lowest BCUT2D eigenvalue weighted by Crippen LogP contribution is -2.30. The molecule has 1 unspecified atom stereocenters. The minimum absolute atomic E-state index is 0.0874. The first-order valence-electron chi connectivity index (χ1n) is 33.0. The predicted octanol–water partition coefficient (Wildman–Crippen LogP) is 22.8. The highest BCUT2D eigenvalue weighted by atomic mass is 16.6. The normalized spacial score (nSPS) is 12.9. The summed E-state index contributed by atoms with van der Waals surface area (Å²) in [5, 5.41) is 0. The van der Waals surface area contributed by atoms with E-state index in [1.165, 1.54) is 122 Å². The Bertz CT molecular complexity index is 1640. The van der Waals surface area contributed by atoms with Crippen LogP contribution in [-0.2, 0) is 28.6 Å². The summed E-state index contributed by atoms with van der Waals surface area (Å²) >= 11 is 0. The summed E-state index contributed by atoms with van der Waals surface area (Å²) in [6, 6.07) is 0. The van der Waals surface area contributed by atoms with Crippen molar-refractivity contribution in [3.63, 3.8) is 0 Å². The second kappa shape index (κ2) is 66.3. The van der Waals surface area contributed by atoms with Crippen molar-refractivity contribution in [2.45, 2.75) is 309 Å². The number of esters is 3. The molecule has 0 bridgehead atoms. The fourth-order valence-electron chi connectivity index (χ4n) is 9.02. The van der Waals surface area contributed by atoms with E-state index in [9.17, 15) is 14.4 Å². The van der Waals surface area contributed by atoms with Crippen LogP contribution in [0.25, 0.3) is 0 Å². The van der Waals surface area contributed by atoms with Gasteiger partial charge in [0.25, 0.3) is 0 Å². The molecule has 0 N–H and O–H groups in total. The Balaban J connectivity index is 4.09. The molecule has 6 heteroatoms. The average Bonchev–Trinajstić information content (AvgIpc) is 3.45. The van der Waals surface area contributed by atoms with E-state index in [4.69, 9.17) is 14.2 Å². The molecule has 6 nitrogen and oxygen atoms in total. The van der Waals surface area contributed by atoms with Crippen molar-refractivity contribution in [2.75, 3.05) is 13.2 Å². The van der Waals surface area contributed by atoms with E-state index in [0.717, 1.165) is 141 Å². The van der Waals surface area contributed by atoms with Gasteiger partial charge in [0.15, 0.2) is 6.10 Å². The molecular weight excluding hydrogens is 973 g/mol. The summed E-state index contributed by atoms with van der Waals surface area (Å²) in [6.07, 6.45) is 92.6. The lowest BCUT2D eigenvalue weighted by Gasteiger charge is -2.18. The zero-order valence-corrected chi connectivity index (χ0v) is 51.6. The molecule has 0 aromatic carbocycles. The Labute approximate surface area is 488 Å². The highest BCUT2D eigenvalue weighted by Crippen LogP contribution is 2.16. The number of rotatable bonds is 59. The summed E-state index contributed by atoms with van der Waals surface area (Å²) in [6.45, 7) is 6.43. The molecule has 0 spiro atoms. The minimum atomic E-state index is -0.789. The maximum Gasteiger partial charge on any atom is 0.306 e. The number of allylic oxidation sites excluding steroid dienone is 20. The van der Waals surface area contributed by atoms with Gasteiger partial charge in [-0.3, -0.25) is 14.4 Å². The highest BCUT2D eigenvalue weighted by molar-refractivity contribution is 5.71. The largest absolute Gasteiger partial charge is 0.462 e. The van der Waals surface area contributed by atoms with E-state index < -0.39 is 6.10 Å². The molecule has 0 saturated carbocycles. The van der Waals surface area contributed by atoms with Crippen molar-refractivity contribution in [1.82, 2.24) is 0 Å². The number of carbonyl (C=O) groups excluding carboxylic acids is 3. The van der Waals surface area contributed by atoms with Crippen LogP contribution in [0.5, 0.6) is 0 Å². The molecule has 0 aromatic heterocycles. The van der Waals surface area contributed by atoms with Gasteiger partial charge in [0, 0.05) is 19.3 Å². The van der Waals surface area contributed by atoms with Gasteiger partial charge in [-0.05, 0) is 116 Å². The van der Waals surface area contributed by atoms with Crippen LogP contribution >= 0.6 is 0 Å². The minimum Gasteiger partial charge on any atom is -0.462 e. The molecule has 0 radical (unpaired) electrons. The molecule has 0 aromatic rings. The van der Waals surface area contributed by atoms with Gasteiger partial charge in [-0.15, -0.1) is 0 Å². The van der Waals surface area contributed by atoms with Crippen molar-refractivity contribution in [2.24, 2.45) is 0 Å². The van der Waals surface area contributed by atoms with Crippen molar-refractivity contribution >= 4 is 17.9 Å². The molecule has 450 valence electrons. The molecule has 0 rings (SSSR count). The van der Waals surface area contributed by atoms with E-state index in [2.05, 4.69) is 142 Å². The molecular formula is C73H122O6. The Kier molecular flexibility index (Phi) is 62.8. The molecule has 0 aliphatic carbocycles. The van der Waals surface area contributed by atoms with Gasteiger partial charge in [0.2, 0.25) is 0 Å². The second-order valence-corrected chi connectivity index (χ2v) is 21.6. The Morgan fingerprint density at radius 1 is 0.266 bits per heavy atom. The third-order valence-electron chi connectivity index (χ3n) is 14.0. The van der Waals surface area contributed by atoms with Crippen LogP contribution in [0, 0.1) is 0 Å². The number of unbranched alkanes of at least 4 members (excludes halogenated alkanes) is 28. The quantitative estimate of drug-likeness (QED) is 0.0261. The molecule has 0 fully saturated rings. The molecule has 79 heavy (non-hydrogen) atoms. The SMILES string of the molecule is CC/C=C\C/C=C\C/C=C\C/C=C\C/C=C\C/C=C\C/C=C\CCCCCCCC(=O)OC(COC(=O)CCCCCCC)COC(=O)CCCCCCCCCCCCCCCC/C=C\C/C=C\C/C=C\CCCCCCC. The smallest absolute Gasteiger partial charge is 0.306 e. The summed E-state index contributed by atoms with van der Waals surface area (Å²) in [4.78, 5) is 38.0. The summed E-state index contributed by atoms with van der Waals surface area (Å²) in [7, 11) is 0. The van der Waals surface area contributed by atoms with Gasteiger partial charge in [-0.2, -0.15) is 0 Å². The molecule has 0 heterocycles. The van der Waals surface area contributed by atoms with Crippen LogP contribution in [0.15, 0.2) is 122 Å². The van der Waals surface area contributed by atoms with E-state index in [1.54, 1.807) is 0 Å². The maximum atomic E-state index is 12.8. The second-order valence-electron chi connectivity index (χ2n) is 21.6. The zero-order chi connectivity index (χ0) is 57.1. The van der Waals surface area contributed by atoms with Gasteiger partial charge in [0.05, 0.1) is 0 Å². The number of hydrogen-bond acceptors (Lipinski definition) is 6. The third kappa shape index (κ3) is 64.5. The Morgan fingerprint density at radius 3 is 0.772 bits per heavy atom. The first-order valence-corrected chi connectivity index (χ1v) is 33.0. The molecule has 0 aliphatic rings. The predicted molar refractivity (Wildman–Crippen MR) is 343 cm³/mol. The van der Waals surface area contributed by atoms with Gasteiger partial charge in [0.1, 0.15) is 13.2 Å². The fraction of sp³-hybridized carbons (Fsp3) is 0.685. The monoisotopic (exact) mass is 1090 g/mol. The van der Waals surface area contributed by atoms with Crippen molar-refractivity contribution < 1.29 is 28.6 Å². The van der Waals surface area contributed by atoms with Crippen molar-refractivity contribution in [3.8, 4) is 0 Å². The molecule has 0 amide bonds. The molecule has 0 aliphatic heterocycles. The zero-order valence-electron chi connectivity index (χ0n) is 51.6. The third-order valence-corrected chi connectivity index (χ3v) is 14.0. The van der Waals surface area contributed by atoms with Gasteiger partial charge in [-0.1, -0.05) is 290 Å². The standard InChI is InChI=1S/C73H122O6/c1-4-7-10-13-15-17-19-21-23-25-27-29-31-33-35-36-38-39-41-43-45-47-49-51-53-55-57-60-63-66-72(75)78-69-70(68-77-71(74)65-62-59-12-9-6-3)79-73(76)67-64-61-58-56-54-52-50-48-46-44-42-40-37-34-32-30-28-26-24-22-20-18-16-14-11-8-5-2/h8,11,16,18-19,21-22,24-25,27-28,30-31,33-34,37,42,44,48,50,70H,4-7,9-10,12-15,17,20,23,26,29,32,35-36,38-41,43,45-47,49,51-69H2,1-3H3/b11-8-,18-16-,21-19-,24-22-,27-25-,30-28-,33-31-,37-34-,44-42-,50-48-. The van der Waals surface area contributed by atoms with Crippen LogP contribution in [-0.4, -0.2) is 37.2 Å². The van der Waals surface area contributed by atoms with Crippen LogP contribution < -0.4 is 0 Å². The Hall–Kier alpha value is -4.19. The van der Waals surface area contributed by atoms with Crippen LogP contribution in [0.2, 0.25) is 0 Å². The first-order chi connectivity index (χ1) is 39.0. The number of hydrogen-bond donors (Lipinski definition) is 0. The van der Waals surface area contributed by atoms with Gasteiger partial charge in [-0.25, -0.2) is 0 Å². The van der Waals surface area contributed by atoms with E-state index in [0.29, 0.717) is 19.3 Å². The molecule has 1 atom stereocenters. The van der Waals surface area contributed by atoms with Gasteiger partial charge >= 0.3 is 17.9 Å². The van der Waals surface area contributed by atoms with Crippen molar-refractivity contribution in [1.29, 1.82) is 0 Å². The van der Waals surface area contributed by atoms with Crippen LogP contribution in [0.4, 0.5) is 0 Å². The fourth-order valence-corrected chi connectivity index (χ4v) is 9.02. The van der Waals surface area contributed by atoms with E-state index >= 15 is 0 Å². The number of ether oxygens (including phenoxy) is 3. The Morgan fingerprint density at radius 2 is 0.494 bits per heavy atom. The van der Waals surface area contributed by atoms with Crippen LogP contribution in [0.3, 0.4) is 0 Å². The van der Waals surface area contributed by atoms with E-state index in [1.807, 2.05) is 0 Å². The molecule has 0 saturated heterocycles. The van der Waals surface area contributed by atoms with Crippen LogP contribution in [0.1, 0.15) is 303 Å². The highest BCUT2D eigenvalue weighted by Gasteiger charge is 2.19.